The molecule has 1 amide bonds. The summed E-state index contributed by atoms with van der Waals surface area (Å²) in [6.45, 7) is 3.78. The number of aromatic nitrogens is 1. The number of amides is 1. The third-order valence-electron chi connectivity index (χ3n) is 6.86. The fraction of sp³-hybridized carbons (Fsp3) is 0.458. The van der Waals surface area contributed by atoms with Gasteiger partial charge in [-0.1, -0.05) is 37.3 Å². The first-order chi connectivity index (χ1) is 14.6. The van der Waals surface area contributed by atoms with Gasteiger partial charge in [-0.05, 0) is 42.9 Å². The maximum Gasteiger partial charge on any atom is 0.248 e. The quantitative estimate of drug-likeness (QED) is 0.769. The molecule has 5 rings (SSSR count). The topological polar surface area (TPSA) is 69.5 Å². The molecule has 3 atom stereocenters. The third kappa shape index (κ3) is 3.33. The molecule has 30 heavy (non-hydrogen) atoms. The van der Waals surface area contributed by atoms with Gasteiger partial charge in [-0.15, -0.1) is 0 Å². The summed E-state index contributed by atoms with van der Waals surface area (Å²) in [5.41, 5.74) is 1.47. The van der Waals surface area contributed by atoms with Crippen molar-refractivity contribution < 1.29 is 9.53 Å². The number of anilines is 1. The van der Waals surface area contributed by atoms with Crippen molar-refractivity contribution in [3.8, 4) is 6.07 Å². The Morgan fingerprint density at radius 2 is 2.03 bits per heavy atom. The van der Waals surface area contributed by atoms with Crippen LogP contribution in [0.3, 0.4) is 0 Å². The van der Waals surface area contributed by atoms with Gasteiger partial charge >= 0.3 is 0 Å². The number of carbonyl (C=O) groups is 1. The maximum absolute atomic E-state index is 13.0. The number of pyridine rings is 1. The van der Waals surface area contributed by atoms with Crippen LogP contribution in [0.4, 0.5) is 5.82 Å². The molecular weight excluding hydrogens is 376 g/mol. The van der Waals surface area contributed by atoms with Gasteiger partial charge in [0.15, 0.2) is 0 Å². The number of ether oxygens (including phenoxy) is 1. The van der Waals surface area contributed by atoms with Gasteiger partial charge in [0, 0.05) is 25.3 Å². The van der Waals surface area contributed by atoms with Crippen LogP contribution in [0.1, 0.15) is 37.3 Å². The number of nitrogens with zero attached hydrogens (tertiary/aromatic N) is 4. The summed E-state index contributed by atoms with van der Waals surface area (Å²) >= 11 is 0. The highest BCUT2D eigenvalue weighted by molar-refractivity contribution is 5.78. The van der Waals surface area contributed by atoms with E-state index >= 15 is 0 Å². The van der Waals surface area contributed by atoms with Crippen molar-refractivity contribution in [2.45, 2.75) is 43.9 Å². The van der Waals surface area contributed by atoms with Crippen LogP contribution in [0.25, 0.3) is 0 Å². The largest absolute Gasteiger partial charge is 0.360 e. The number of rotatable bonds is 5. The number of likely N-dealkylation sites (tertiary alicyclic amines) is 1. The molecule has 2 bridgehead atoms. The van der Waals surface area contributed by atoms with Crippen molar-refractivity contribution in [3.05, 3.63) is 59.8 Å². The van der Waals surface area contributed by atoms with Crippen LogP contribution in [0.15, 0.2) is 48.7 Å². The van der Waals surface area contributed by atoms with Crippen LogP contribution in [0.5, 0.6) is 0 Å². The summed E-state index contributed by atoms with van der Waals surface area (Å²) in [5.74, 6) is 1.47. The van der Waals surface area contributed by atoms with E-state index in [-0.39, 0.29) is 30.2 Å². The molecule has 6 nitrogen and oxygen atoms in total. The number of carbonyl (C=O) groups excluding carboxylic acids is 1. The van der Waals surface area contributed by atoms with E-state index in [0.717, 1.165) is 25.1 Å². The monoisotopic (exact) mass is 402 g/mol. The van der Waals surface area contributed by atoms with E-state index in [1.807, 2.05) is 35.2 Å². The summed E-state index contributed by atoms with van der Waals surface area (Å²) < 4.78 is 6.15. The zero-order valence-corrected chi connectivity index (χ0v) is 17.2. The van der Waals surface area contributed by atoms with E-state index in [4.69, 9.17) is 10.00 Å². The van der Waals surface area contributed by atoms with Gasteiger partial charge < -0.3 is 14.5 Å². The zero-order valence-electron chi connectivity index (χ0n) is 17.2. The highest BCUT2D eigenvalue weighted by Gasteiger charge is 2.48. The van der Waals surface area contributed by atoms with Crippen LogP contribution < -0.4 is 4.90 Å². The summed E-state index contributed by atoms with van der Waals surface area (Å²) in [5, 5.41) is 9.02. The van der Waals surface area contributed by atoms with E-state index in [9.17, 15) is 4.79 Å². The Hall–Kier alpha value is -2.91. The molecule has 2 saturated heterocycles. The van der Waals surface area contributed by atoms with E-state index in [1.165, 1.54) is 5.56 Å². The highest BCUT2D eigenvalue weighted by Crippen LogP contribution is 2.49. The normalized spacial score (nSPS) is 26.3. The standard InChI is InChI=1S/C24H26N4O2/c1-17-11-20-14-27(15-21(17)28(20)22-8-7-18(12-25)13-26-22)23(29)16-30-24(9-10-24)19-5-3-2-4-6-19/h2-8,13,17,20-21H,9-11,14-16H2,1H3/t17-,20?,21?/m0/s1. The number of hydrogen-bond donors (Lipinski definition) is 0. The number of hydrogen-bond acceptors (Lipinski definition) is 5. The van der Waals surface area contributed by atoms with Gasteiger partial charge in [-0.25, -0.2) is 4.98 Å². The van der Waals surface area contributed by atoms with Crippen molar-refractivity contribution >= 4 is 11.7 Å². The number of fused-ring (bicyclic) bond motifs is 2. The Labute approximate surface area is 177 Å². The zero-order chi connectivity index (χ0) is 20.7. The van der Waals surface area contributed by atoms with Crippen molar-refractivity contribution in [2.75, 3.05) is 24.6 Å². The molecule has 2 unspecified atom stereocenters. The lowest BCUT2D eigenvalue weighted by molar-refractivity contribution is -0.140. The van der Waals surface area contributed by atoms with Crippen LogP contribution in [-0.2, 0) is 15.1 Å². The van der Waals surface area contributed by atoms with Gasteiger partial charge in [-0.2, -0.15) is 5.26 Å². The van der Waals surface area contributed by atoms with Crippen LogP contribution in [0.2, 0.25) is 0 Å². The molecule has 2 aliphatic heterocycles. The molecule has 0 spiro atoms. The van der Waals surface area contributed by atoms with E-state index in [0.29, 0.717) is 24.6 Å². The minimum Gasteiger partial charge on any atom is -0.360 e. The molecule has 3 aliphatic rings. The van der Waals surface area contributed by atoms with E-state index in [1.54, 1.807) is 6.20 Å². The second-order valence-corrected chi connectivity index (χ2v) is 8.81. The van der Waals surface area contributed by atoms with Crippen molar-refractivity contribution in [3.63, 3.8) is 0 Å². The summed E-state index contributed by atoms with van der Waals surface area (Å²) in [6.07, 6.45) is 4.63. The Balaban J connectivity index is 1.25. The van der Waals surface area contributed by atoms with Gasteiger partial charge in [0.05, 0.1) is 17.2 Å². The Morgan fingerprint density at radius 1 is 1.23 bits per heavy atom. The average Bonchev–Trinajstić information content (AvgIpc) is 3.55. The van der Waals surface area contributed by atoms with Gasteiger partial charge in [0.1, 0.15) is 18.5 Å². The highest BCUT2D eigenvalue weighted by atomic mass is 16.5. The lowest BCUT2D eigenvalue weighted by Crippen LogP contribution is -2.57. The molecule has 3 heterocycles. The van der Waals surface area contributed by atoms with E-state index < -0.39 is 0 Å². The first kappa shape index (κ1) is 19.1. The van der Waals surface area contributed by atoms with Crippen molar-refractivity contribution in [1.29, 1.82) is 5.26 Å². The molecule has 154 valence electrons. The fourth-order valence-electron chi connectivity index (χ4n) is 5.06. The summed E-state index contributed by atoms with van der Waals surface area (Å²) in [6, 6.07) is 16.6. The molecule has 0 radical (unpaired) electrons. The van der Waals surface area contributed by atoms with Gasteiger partial charge in [0.2, 0.25) is 5.91 Å². The van der Waals surface area contributed by atoms with Crippen molar-refractivity contribution in [2.24, 2.45) is 5.92 Å². The molecule has 1 aromatic heterocycles. The summed E-state index contributed by atoms with van der Waals surface area (Å²) in [7, 11) is 0. The molecule has 1 saturated carbocycles. The first-order valence-corrected chi connectivity index (χ1v) is 10.7. The average molecular weight is 402 g/mol. The lowest BCUT2D eigenvalue weighted by atomic mass is 10.0. The molecule has 6 heteroatoms. The second kappa shape index (κ2) is 7.41. The van der Waals surface area contributed by atoms with Crippen LogP contribution in [0, 0.1) is 17.2 Å². The number of benzene rings is 1. The van der Waals surface area contributed by atoms with Crippen LogP contribution >= 0.6 is 0 Å². The summed E-state index contributed by atoms with van der Waals surface area (Å²) in [4.78, 5) is 21.8. The Morgan fingerprint density at radius 3 is 2.67 bits per heavy atom. The fourth-order valence-corrected chi connectivity index (χ4v) is 5.06. The van der Waals surface area contributed by atoms with Crippen LogP contribution in [-0.4, -0.2) is 47.6 Å². The minimum atomic E-state index is -0.266. The maximum atomic E-state index is 13.0. The van der Waals surface area contributed by atoms with Gasteiger partial charge in [-0.3, -0.25) is 4.79 Å². The van der Waals surface area contributed by atoms with E-state index in [2.05, 4.69) is 35.0 Å². The SMILES string of the molecule is C[C@H]1CC2CN(C(=O)COC3(c4ccccc4)CC3)CC1N2c1ccc(C#N)cn1. The van der Waals surface area contributed by atoms with Gasteiger partial charge in [0.25, 0.3) is 0 Å². The smallest absolute Gasteiger partial charge is 0.248 e. The molecule has 0 N–H and O–H groups in total. The lowest BCUT2D eigenvalue weighted by Gasteiger charge is -2.42. The minimum absolute atomic E-state index is 0.0775. The Kier molecular flexibility index (Phi) is 4.71. The predicted molar refractivity (Wildman–Crippen MR) is 113 cm³/mol. The molecule has 2 aromatic rings. The molecule has 3 fully saturated rings. The predicted octanol–water partition coefficient (Wildman–Crippen LogP) is 3.08. The number of nitriles is 1. The molecule has 1 aromatic carbocycles. The third-order valence-corrected chi connectivity index (χ3v) is 6.86. The molecule has 1 aliphatic carbocycles. The second-order valence-electron chi connectivity index (χ2n) is 8.81. The first-order valence-electron chi connectivity index (χ1n) is 10.7. The number of piperazine rings is 1. The van der Waals surface area contributed by atoms with Crippen molar-refractivity contribution in [1.82, 2.24) is 9.88 Å². The molecular formula is C24H26N4O2. The Bertz CT molecular complexity index is 965.